The number of aliphatic hydroxyl groups is 2. The second kappa shape index (κ2) is 9.72. The number of fused-ring (bicyclic) bond motifs is 1. The molecule has 5 N–H and O–H groups in total. The summed E-state index contributed by atoms with van der Waals surface area (Å²) in [7, 11) is 0. The molecule has 0 fully saturated rings. The van der Waals surface area contributed by atoms with E-state index in [1.54, 1.807) is 54.6 Å². The number of carboxylic acids is 1. The number of benzene rings is 2. The number of urea groups is 1. The maximum atomic E-state index is 13.0. The van der Waals surface area contributed by atoms with Crippen LogP contribution >= 0.6 is 0 Å². The molecule has 10 heteroatoms. The van der Waals surface area contributed by atoms with Gasteiger partial charge >= 0.3 is 12.0 Å². The quantitative estimate of drug-likeness (QED) is 0.445. The van der Waals surface area contributed by atoms with Gasteiger partial charge in [-0.15, -0.1) is 0 Å². The molecule has 1 heterocycles. The molecular weight excluding hydrogens is 404 g/mol. The molecule has 31 heavy (non-hydrogen) atoms. The van der Waals surface area contributed by atoms with Gasteiger partial charge in [-0.25, -0.2) is 14.6 Å². The minimum absolute atomic E-state index is 0.0890. The van der Waals surface area contributed by atoms with Crippen molar-refractivity contribution in [1.29, 1.82) is 0 Å². The number of aliphatic carboxylic acids is 1. The fraction of sp³-hybridized carbons (Fsp3) is 0.238. The minimum Gasteiger partial charge on any atom is -0.495 e. The molecule has 0 spiro atoms. The Labute approximate surface area is 177 Å². The number of anilines is 1. The van der Waals surface area contributed by atoms with Gasteiger partial charge in [-0.2, -0.15) is 0 Å². The smallest absolute Gasteiger partial charge is 0.328 e. The van der Waals surface area contributed by atoms with Gasteiger partial charge in [0.05, 0.1) is 18.0 Å². The van der Waals surface area contributed by atoms with Crippen LogP contribution in [0.25, 0.3) is 0 Å². The zero-order valence-corrected chi connectivity index (χ0v) is 16.4. The third-order valence-electron chi connectivity index (χ3n) is 4.66. The number of nitrogens with one attached hydrogen (secondary N) is 2. The van der Waals surface area contributed by atoms with Crippen molar-refractivity contribution in [3.05, 3.63) is 60.2 Å². The Morgan fingerprint density at radius 2 is 1.68 bits per heavy atom. The summed E-state index contributed by atoms with van der Waals surface area (Å²) in [6.45, 7) is -0.978. The van der Waals surface area contributed by atoms with E-state index >= 15 is 0 Å². The molecule has 0 aromatic heterocycles. The Morgan fingerprint density at radius 1 is 1.00 bits per heavy atom. The van der Waals surface area contributed by atoms with E-state index in [9.17, 15) is 24.6 Å². The molecule has 0 saturated heterocycles. The van der Waals surface area contributed by atoms with Crippen LogP contribution in [0.2, 0.25) is 0 Å². The van der Waals surface area contributed by atoms with Crippen LogP contribution in [-0.4, -0.2) is 64.4 Å². The molecule has 162 valence electrons. The van der Waals surface area contributed by atoms with Crippen LogP contribution in [0.3, 0.4) is 0 Å². The Bertz CT molecular complexity index is 994. The first-order valence-corrected chi connectivity index (χ1v) is 9.50. The number of carboxylic acid groups (broad SMARTS) is 1. The molecule has 10 nitrogen and oxygen atoms in total. The normalized spacial score (nSPS) is 14.6. The SMILES string of the molecule is O=C(O)C(CO)NC(=O)C(Cc1ccccc1)NC(=O)N1CC(O)=Nc2ccccc21. The van der Waals surface area contributed by atoms with E-state index in [-0.39, 0.29) is 18.9 Å². The topological polar surface area (TPSA) is 152 Å². The zero-order valence-electron chi connectivity index (χ0n) is 16.4. The van der Waals surface area contributed by atoms with Crippen LogP contribution in [0.15, 0.2) is 59.6 Å². The first-order chi connectivity index (χ1) is 14.9. The van der Waals surface area contributed by atoms with Crippen molar-refractivity contribution in [2.24, 2.45) is 4.99 Å². The number of nitrogens with zero attached hydrogens (tertiary/aromatic N) is 2. The van der Waals surface area contributed by atoms with Gasteiger partial charge in [0.1, 0.15) is 18.6 Å². The summed E-state index contributed by atoms with van der Waals surface area (Å²) in [6, 6.07) is 12.3. The molecule has 2 aromatic carbocycles. The second-order valence-electron chi connectivity index (χ2n) is 6.88. The van der Waals surface area contributed by atoms with Crippen molar-refractivity contribution in [3.8, 4) is 0 Å². The highest BCUT2D eigenvalue weighted by Gasteiger charge is 2.30. The summed E-state index contributed by atoms with van der Waals surface area (Å²) in [5, 5.41) is 33.1. The van der Waals surface area contributed by atoms with Crippen LogP contribution in [0.5, 0.6) is 0 Å². The van der Waals surface area contributed by atoms with Crippen LogP contribution < -0.4 is 15.5 Å². The average Bonchev–Trinajstić information content (AvgIpc) is 2.76. The van der Waals surface area contributed by atoms with Crippen molar-refractivity contribution < 1.29 is 29.7 Å². The zero-order chi connectivity index (χ0) is 22.4. The molecule has 0 radical (unpaired) electrons. The number of hydrogen-bond donors (Lipinski definition) is 5. The van der Waals surface area contributed by atoms with Crippen molar-refractivity contribution in [3.63, 3.8) is 0 Å². The molecular formula is C21H22N4O6. The van der Waals surface area contributed by atoms with E-state index in [2.05, 4.69) is 15.6 Å². The number of aliphatic imine (C=N–C) groups is 1. The summed E-state index contributed by atoms with van der Waals surface area (Å²) < 4.78 is 0. The lowest BCUT2D eigenvalue weighted by Gasteiger charge is -2.29. The van der Waals surface area contributed by atoms with Crippen LogP contribution in [0, 0.1) is 0 Å². The van der Waals surface area contributed by atoms with Gasteiger partial charge in [-0.1, -0.05) is 42.5 Å². The maximum Gasteiger partial charge on any atom is 0.328 e. The molecule has 2 aromatic rings. The predicted molar refractivity (Wildman–Crippen MR) is 113 cm³/mol. The molecule has 1 aliphatic heterocycles. The number of hydrogen-bond acceptors (Lipinski definition) is 5. The molecule has 0 bridgehead atoms. The standard InChI is InChI=1S/C21H22N4O6/c26-12-16(20(29)30)23-19(28)15(10-13-6-2-1-3-7-13)24-21(31)25-11-18(27)22-14-8-4-5-9-17(14)25/h1-9,15-16,26H,10-12H2,(H,22,27)(H,23,28)(H,24,31)(H,29,30). The van der Waals surface area contributed by atoms with E-state index < -0.39 is 36.6 Å². The summed E-state index contributed by atoms with van der Waals surface area (Å²) in [4.78, 5) is 42.2. The molecule has 2 unspecified atom stereocenters. The highest BCUT2D eigenvalue weighted by atomic mass is 16.4. The lowest BCUT2D eigenvalue weighted by Crippen LogP contribution is -2.56. The van der Waals surface area contributed by atoms with Gasteiger partial charge in [-0.05, 0) is 17.7 Å². The third kappa shape index (κ3) is 5.37. The summed E-state index contributed by atoms with van der Waals surface area (Å²) in [5.74, 6) is -2.42. The molecule has 2 atom stereocenters. The Balaban J connectivity index is 1.82. The van der Waals surface area contributed by atoms with E-state index in [1.807, 2.05) is 0 Å². The number of amides is 3. The minimum atomic E-state index is -1.51. The largest absolute Gasteiger partial charge is 0.495 e. The fourth-order valence-electron chi connectivity index (χ4n) is 3.11. The van der Waals surface area contributed by atoms with Gasteiger partial charge in [-0.3, -0.25) is 9.69 Å². The second-order valence-corrected chi connectivity index (χ2v) is 6.88. The summed E-state index contributed by atoms with van der Waals surface area (Å²) >= 11 is 0. The molecule has 0 saturated carbocycles. The Morgan fingerprint density at radius 3 is 2.35 bits per heavy atom. The summed E-state index contributed by atoms with van der Waals surface area (Å²) in [5.41, 5.74) is 1.59. The number of rotatable bonds is 7. The summed E-state index contributed by atoms with van der Waals surface area (Å²) in [6.07, 6.45) is 0.0890. The molecule has 0 aliphatic carbocycles. The van der Waals surface area contributed by atoms with Gasteiger partial charge in [0.2, 0.25) is 11.8 Å². The number of carbonyl (C=O) groups excluding carboxylic acids is 2. The van der Waals surface area contributed by atoms with Crippen molar-refractivity contribution in [2.75, 3.05) is 18.1 Å². The van der Waals surface area contributed by atoms with Gasteiger partial charge in [0.15, 0.2) is 0 Å². The van der Waals surface area contributed by atoms with E-state index in [0.717, 1.165) is 5.56 Å². The van der Waals surface area contributed by atoms with Crippen LogP contribution in [0.1, 0.15) is 5.56 Å². The van der Waals surface area contributed by atoms with Crippen molar-refractivity contribution in [2.45, 2.75) is 18.5 Å². The average molecular weight is 426 g/mol. The highest BCUT2D eigenvalue weighted by Crippen LogP contribution is 2.31. The lowest BCUT2D eigenvalue weighted by atomic mass is 10.0. The third-order valence-corrected chi connectivity index (χ3v) is 4.66. The Hall–Kier alpha value is -3.92. The van der Waals surface area contributed by atoms with Gasteiger partial charge in [0, 0.05) is 6.42 Å². The van der Waals surface area contributed by atoms with Crippen molar-refractivity contribution in [1.82, 2.24) is 10.6 Å². The molecule has 3 amide bonds. The molecule has 1 aliphatic rings. The predicted octanol–water partition coefficient (Wildman–Crippen LogP) is 0.977. The van der Waals surface area contributed by atoms with Gasteiger partial charge < -0.3 is 26.0 Å². The molecule has 3 rings (SSSR count). The van der Waals surface area contributed by atoms with Crippen LogP contribution in [0.4, 0.5) is 16.2 Å². The number of aliphatic hydroxyl groups excluding tert-OH is 2. The monoisotopic (exact) mass is 426 g/mol. The van der Waals surface area contributed by atoms with E-state index in [1.165, 1.54) is 4.90 Å². The van der Waals surface area contributed by atoms with Gasteiger partial charge in [0.25, 0.3) is 0 Å². The van der Waals surface area contributed by atoms with Crippen LogP contribution in [-0.2, 0) is 16.0 Å². The first-order valence-electron chi connectivity index (χ1n) is 9.50. The fourth-order valence-corrected chi connectivity index (χ4v) is 3.11. The van der Waals surface area contributed by atoms with E-state index in [0.29, 0.717) is 11.4 Å². The Kier molecular flexibility index (Phi) is 6.83. The number of para-hydroxylation sites is 2. The van der Waals surface area contributed by atoms with E-state index in [4.69, 9.17) is 5.11 Å². The maximum absolute atomic E-state index is 13.0. The lowest BCUT2D eigenvalue weighted by molar-refractivity contribution is -0.143. The first kappa shape index (κ1) is 21.8. The number of carbonyl (C=O) groups is 3. The van der Waals surface area contributed by atoms with Crippen molar-refractivity contribution >= 4 is 35.2 Å². The highest BCUT2D eigenvalue weighted by molar-refractivity contribution is 6.04.